The molecule has 0 fully saturated rings. The smallest absolute Gasteiger partial charge is 0.406 e. The van der Waals surface area contributed by atoms with Crippen LogP contribution in [0.2, 0.25) is 0 Å². The molecule has 0 spiro atoms. The van der Waals surface area contributed by atoms with Gasteiger partial charge in [0.15, 0.2) is 0 Å². The van der Waals surface area contributed by atoms with Crippen molar-refractivity contribution in [3.63, 3.8) is 0 Å². The van der Waals surface area contributed by atoms with Crippen LogP contribution in [-0.4, -0.2) is 35.7 Å². The standard InChI is InChI=1S/C20H16F3N3O2/c1-25-16-7-6-11(28-20(21,22)23)10-14(16)19(27)26-9-8-13-12-4-2-3-5-15(12)24-17(13)18(25)26/h2-7,10,18,24H,8-9H2,1H3. The molecule has 2 aromatic carbocycles. The van der Waals surface area contributed by atoms with Crippen LogP contribution in [0.1, 0.15) is 27.8 Å². The van der Waals surface area contributed by atoms with Gasteiger partial charge in [-0.3, -0.25) is 4.79 Å². The number of benzene rings is 2. The van der Waals surface area contributed by atoms with Crippen molar-refractivity contribution in [1.82, 2.24) is 9.88 Å². The van der Waals surface area contributed by atoms with Crippen molar-refractivity contribution in [2.24, 2.45) is 0 Å². The van der Waals surface area contributed by atoms with Gasteiger partial charge in [0, 0.05) is 24.5 Å². The van der Waals surface area contributed by atoms with E-state index >= 15 is 0 Å². The maximum absolute atomic E-state index is 13.1. The van der Waals surface area contributed by atoms with Crippen LogP contribution in [0.4, 0.5) is 18.9 Å². The fourth-order valence-corrected chi connectivity index (χ4v) is 4.31. The zero-order valence-electron chi connectivity index (χ0n) is 14.9. The third-order valence-corrected chi connectivity index (χ3v) is 5.44. The van der Waals surface area contributed by atoms with Gasteiger partial charge in [0.1, 0.15) is 11.9 Å². The molecule has 1 aromatic heterocycles. The lowest BCUT2D eigenvalue weighted by atomic mass is 9.96. The molecule has 0 bridgehead atoms. The van der Waals surface area contributed by atoms with Gasteiger partial charge >= 0.3 is 6.36 Å². The summed E-state index contributed by atoms with van der Waals surface area (Å²) in [6.07, 6.45) is -4.45. The van der Waals surface area contributed by atoms with Crippen LogP contribution in [0.15, 0.2) is 42.5 Å². The van der Waals surface area contributed by atoms with Crippen LogP contribution in [0.5, 0.6) is 5.75 Å². The Morgan fingerprint density at radius 1 is 1.18 bits per heavy atom. The van der Waals surface area contributed by atoms with Gasteiger partial charge in [-0.15, -0.1) is 13.2 Å². The van der Waals surface area contributed by atoms with Gasteiger partial charge in [-0.05, 0) is 36.2 Å². The van der Waals surface area contributed by atoms with E-state index in [9.17, 15) is 18.0 Å². The third kappa shape index (κ3) is 2.44. The molecule has 0 aliphatic carbocycles. The summed E-state index contributed by atoms with van der Waals surface area (Å²) >= 11 is 0. The quantitative estimate of drug-likeness (QED) is 0.680. The molecule has 2 aliphatic rings. The van der Waals surface area contributed by atoms with Crippen molar-refractivity contribution in [2.45, 2.75) is 18.9 Å². The summed E-state index contributed by atoms with van der Waals surface area (Å²) in [5, 5.41) is 1.14. The monoisotopic (exact) mass is 387 g/mol. The number of nitrogens with one attached hydrogen (secondary N) is 1. The third-order valence-electron chi connectivity index (χ3n) is 5.44. The van der Waals surface area contributed by atoms with Crippen LogP contribution in [0.25, 0.3) is 10.9 Å². The summed E-state index contributed by atoms with van der Waals surface area (Å²) in [7, 11) is 1.84. The number of rotatable bonds is 1. The Bertz CT molecular complexity index is 1110. The van der Waals surface area contributed by atoms with Crippen LogP contribution < -0.4 is 9.64 Å². The van der Waals surface area contributed by atoms with E-state index in [1.807, 2.05) is 30.1 Å². The van der Waals surface area contributed by atoms with Crippen molar-refractivity contribution < 1.29 is 22.7 Å². The highest BCUT2D eigenvalue weighted by Crippen LogP contribution is 2.44. The topological polar surface area (TPSA) is 48.6 Å². The Kier molecular flexibility index (Phi) is 3.44. The second kappa shape index (κ2) is 5.67. The first-order valence-corrected chi connectivity index (χ1v) is 8.86. The number of ether oxygens (including phenoxy) is 1. The van der Waals surface area contributed by atoms with Crippen molar-refractivity contribution in [3.05, 3.63) is 59.3 Å². The Morgan fingerprint density at radius 3 is 2.75 bits per heavy atom. The molecule has 3 aromatic rings. The SMILES string of the molecule is CN1c2ccc(OC(F)(F)F)cc2C(=O)N2CCc3c([nH]c4ccccc34)C21. The number of H-pyrrole nitrogens is 1. The summed E-state index contributed by atoms with van der Waals surface area (Å²) in [5.41, 5.74) is 3.92. The Morgan fingerprint density at radius 2 is 1.96 bits per heavy atom. The number of aromatic amines is 1. The molecule has 5 nitrogen and oxygen atoms in total. The van der Waals surface area contributed by atoms with Crippen LogP contribution in [0.3, 0.4) is 0 Å². The van der Waals surface area contributed by atoms with Gasteiger partial charge in [0.05, 0.1) is 16.9 Å². The number of amides is 1. The fourth-order valence-electron chi connectivity index (χ4n) is 4.31. The average Bonchev–Trinajstić information content (AvgIpc) is 3.03. The number of fused-ring (bicyclic) bond motifs is 6. The maximum atomic E-state index is 13.1. The largest absolute Gasteiger partial charge is 0.573 e. The van der Waals surface area contributed by atoms with E-state index in [1.54, 1.807) is 4.90 Å². The van der Waals surface area contributed by atoms with Crippen LogP contribution in [0, 0.1) is 0 Å². The molecule has 3 heterocycles. The number of carbonyl (C=O) groups is 1. The minimum absolute atomic E-state index is 0.208. The fraction of sp³-hybridized carbons (Fsp3) is 0.250. The number of halogens is 3. The number of hydrogen-bond acceptors (Lipinski definition) is 3. The summed E-state index contributed by atoms with van der Waals surface area (Å²) in [6.45, 7) is 0.493. The average molecular weight is 387 g/mol. The van der Waals surface area contributed by atoms with Gasteiger partial charge in [-0.2, -0.15) is 0 Å². The van der Waals surface area contributed by atoms with Crippen molar-refractivity contribution in [1.29, 1.82) is 0 Å². The lowest BCUT2D eigenvalue weighted by Gasteiger charge is -2.46. The number of nitrogens with zero attached hydrogens (tertiary/aromatic N) is 2. The summed E-state index contributed by atoms with van der Waals surface area (Å²) < 4.78 is 41.6. The number of alkyl halides is 3. The van der Waals surface area contributed by atoms with Crippen molar-refractivity contribution >= 4 is 22.5 Å². The lowest BCUT2D eigenvalue weighted by Crippen LogP contribution is -2.51. The Labute approximate surface area is 158 Å². The molecule has 8 heteroatoms. The molecule has 2 aliphatic heterocycles. The number of aromatic nitrogens is 1. The number of carbonyl (C=O) groups excluding carboxylic acids is 1. The van der Waals surface area contributed by atoms with E-state index in [4.69, 9.17) is 0 Å². The molecule has 0 saturated carbocycles. The van der Waals surface area contributed by atoms with E-state index in [0.29, 0.717) is 18.7 Å². The predicted molar refractivity (Wildman–Crippen MR) is 97.3 cm³/mol. The molecule has 0 radical (unpaired) electrons. The molecule has 28 heavy (non-hydrogen) atoms. The van der Waals surface area contributed by atoms with Gasteiger partial charge in [-0.1, -0.05) is 18.2 Å². The van der Waals surface area contributed by atoms with Crippen molar-refractivity contribution in [2.75, 3.05) is 18.5 Å². The molecule has 1 unspecified atom stereocenters. The van der Waals surface area contributed by atoms with E-state index in [1.165, 1.54) is 23.8 Å². The molecule has 144 valence electrons. The number of hydrogen-bond donors (Lipinski definition) is 1. The lowest BCUT2D eigenvalue weighted by molar-refractivity contribution is -0.274. The summed E-state index contributed by atoms with van der Waals surface area (Å²) in [5.74, 6) is -0.690. The van der Waals surface area contributed by atoms with Crippen molar-refractivity contribution in [3.8, 4) is 5.75 Å². The minimum atomic E-state index is -4.80. The van der Waals surface area contributed by atoms with E-state index < -0.39 is 12.1 Å². The predicted octanol–water partition coefficient (Wildman–Crippen LogP) is 4.21. The molecular weight excluding hydrogens is 371 g/mol. The van der Waals surface area contributed by atoms with E-state index in [2.05, 4.69) is 15.8 Å². The van der Waals surface area contributed by atoms with E-state index in [-0.39, 0.29) is 17.6 Å². The Balaban J connectivity index is 1.61. The van der Waals surface area contributed by atoms with E-state index in [0.717, 1.165) is 16.6 Å². The second-order valence-corrected chi connectivity index (χ2v) is 7.02. The zero-order valence-corrected chi connectivity index (χ0v) is 14.9. The summed E-state index contributed by atoms with van der Waals surface area (Å²) in [6, 6.07) is 11.9. The molecular formula is C20H16F3N3O2. The van der Waals surface area contributed by atoms with Gasteiger partial charge in [0.2, 0.25) is 0 Å². The molecule has 1 N–H and O–H groups in total. The van der Waals surface area contributed by atoms with Crippen LogP contribution >= 0.6 is 0 Å². The highest BCUT2D eigenvalue weighted by atomic mass is 19.4. The zero-order chi connectivity index (χ0) is 19.6. The Hall–Kier alpha value is -3.16. The highest BCUT2D eigenvalue weighted by Gasteiger charge is 2.42. The molecule has 0 saturated heterocycles. The molecule has 1 amide bonds. The van der Waals surface area contributed by atoms with Gasteiger partial charge < -0.3 is 19.5 Å². The van der Waals surface area contributed by atoms with Crippen LogP contribution in [-0.2, 0) is 6.42 Å². The first-order chi connectivity index (χ1) is 13.3. The normalized spacial score (nSPS) is 18.7. The molecule has 1 atom stereocenters. The maximum Gasteiger partial charge on any atom is 0.573 e. The first-order valence-electron chi connectivity index (χ1n) is 8.86. The minimum Gasteiger partial charge on any atom is -0.406 e. The van der Waals surface area contributed by atoms with Gasteiger partial charge in [-0.25, -0.2) is 0 Å². The first kappa shape index (κ1) is 17.0. The highest BCUT2D eigenvalue weighted by molar-refractivity contribution is 6.03. The summed E-state index contributed by atoms with van der Waals surface area (Å²) in [4.78, 5) is 20.1. The number of para-hydroxylation sites is 1. The second-order valence-electron chi connectivity index (χ2n) is 7.02. The number of anilines is 1. The molecule has 5 rings (SSSR count). The van der Waals surface area contributed by atoms with Gasteiger partial charge in [0.25, 0.3) is 5.91 Å².